The van der Waals surface area contributed by atoms with Crippen molar-refractivity contribution < 1.29 is 9.90 Å². The molecule has 2 unspecified atom stereocenters. The topological polar surface area (TPSA) is 83.7 Å². The van der Waals surface area contributed by atoms with Crippen molar-refractivity contribution in [1.29, 1.82) is 0 Å². The Morgan fingerprint density at radius 3 is 2.96 bits per heavy atom. The number of aryl methyl sites for hydroxylation is 1. The van der Waals surface area contributed by atoms with Crippen LogP contribution in [0.1, 0.15) is 32.3 Å². The summed E-state index contributed by atoms with van der Waals surface area (Å²) in [5.74, 6) is -0.964. The van der Waals surface area contributed by atoms with Crippen molar-refractivity contribution in [3.05, 3.63) is 58.3 Å². The third kappa shape index (κ3) is 3.22. The van der Waals surface area contributed by atoms with Gasteiger partial charge in [0.15, 0.2) is 0 Å². The van der Waals surface area contributed by atoms with E-state index in [0.29, 0.717) is 0 Å². The van der Waals surface area contributed by atoms with E-state index in [1.807, 2.05) is 31.3 Å². The molecule has 2 aliphatic rings. The average molecular weight is 341 g/mol. The largest absolute Gasteiger partial charge is 0.480 e. The van der Waals surface area contributed by atoms with Gasteiger partial charge in [0.05, 0.1) is 12.1 Å². The van der Waals surface area contributed by atoms with E-state index < -0.39 is 17.6 Å². The Kier molecular flexibility index (Phi) is 4.72. The molecule has 0 fully saturated rings. The number of nitrogens with one attached hydrogen (secondary N) is 1. The van der Waals surface area contributed by atoms with Crippen molar-refractivity contribution in [3.8, 4) is 0 Å². The van der Waals surface area contributed by atoms with E-state index in [4.69, 9.17) is 5.11 Å². The van der Waals surface area contributed by atoms with Gasteiger partial charge in [-0.1, -0.05) is 24.3 Å². The molecule has 6 nitrogen and oxygen atoms in total. The lowest BCUT2D eigenvalue weighted by atomic mass is 9.75. The lowest BCUT2D eigenvalue weighted by Crippen LogP contribution is -2.54. The average Bonchev–Trinajstić information content (AvgIpc) is 3.08. The SMILES string of the molecule is CCc1ccn(C2=CC(C)(NCC(=O)O)C(N=O)C3=C2CCC=C3)c1. The second kappa shape index (κ2) is 6.80. The number of carboxylic acid groups (broad SMARTS) is 1. The van der Waals surface area contributed by atoms with Crippen molar-refractivity contribution in [2.75, 3.05) is 6.54 Å². The maximum Gasteiger partial charge on any atom is 0.317 e. The van der Waals surface area contributed by atoms with E-state index in [0.717, 1.165) is 36.1 Å². The fraction of sp³-hybridized carbons (Fsp3) is 0.421. The molecular formula is C19H23N3O3. The monoisotopic (exact) mass is 341 g/mol. The zero-order valence-electron chi connectivity index (χ0n) is 14.5. The lowest BCUT2D eigenvalue weighted by Gasteiger charge is -2.39. The van der Waals surface area contributed by atoms with Crippen LogP contribution in [-0.4, -0.2) is 33.8 Å². The number of hydrogen-bond acceptors (Lipinski definition) is 4. The van der Waals surface area contributed by atoms with E-state index in [1.165, 1.54) is 5.56 Å². The number of nitroso groups, excluding NO2 is 1. The van der Waals surface area contributed by atoms with Crippen molar-refractivity contribution in [3.63, 3.8) is 0 Å². The molecular weight excluding hydrogens is 318 g/mol. The van der Waals surface area contributed by atoms with Crippen LogP contribution in [0.2, 0.25) is 0 Å². The first kappa shape index (κ1) is 17.4. The van der Waals surface area contributed by atoms with Crippen LogP contribution in [0.15, 0.2) is 53.0 Å². The van der Waals surface area contributed by atoms with E-state index >= 15 is 0 Å². The van der Waals surface area contributed by atoms with Gasteiger partial charge in [-0.3, -0.25) is 10.1 Å². The summed E-state index contributed by atoms with van der Waals surface area (Å²) in [6.45, 7) is 3.71. The van der Waals surface area contributed by atoms with Crippen molar-refractivity contribution >= 4 is 11.7 Å². The molecule has 1 aromatic rings. The lowest BCUT2D eigenvalue weighted by molar-refractivity contribution is -0.136. The molecule has 0 saturated heterocycles. The molecule has 0 bridgehead atoms. The molecule has 25 heavy (non-hydrogen) atoms. The third-order valence-corrected chi connectivity index (χ3v) is 4.98. The van der Waals surface area contributed by atoms with Gasteiger partial charge in [-0.15, -0.1) is 0 Å². The number of aromatic nitrogens is 1. The molecule has 6 heteroatoms. The van der Waals surface area contributed by atoms with Crippen molar-refractivity contribution in [2.24, 2.45) is 5.18 Å². The van der Waals surface area contributed by atoms with Gasteiger partial charge >= 0.3 is 5.97 Å². The molecule has 0 spiro atoms. The Morgan fingerprint density at radius 2 is 2.32 bits per heavy atom. The first-order chi connectivity index (χ1) is 12.0. The fourth-order valence-electron chi connectivity index (χ4n) is 3.60. The second-order valence-electron chi connectivity index (χ2n) is 6.72. The highest BCUT2D eigenvalue weighted by Crippen LogP contribution is 2.41. The number of aliphatic carboxylic acids is 1. The zero-order valence-corrected chi connectivity index (χ0v) is 14.5. The maximum atomic E-state index is 11.6. The minimum absolute atomic E-state index is 0.232. The van der Waals surface area contributed by atoms with Crippen LogP contribution >= 0.6 is 0 Å². The summed E-state index contributed by atoms with van der Waals surface area (Å²) < 4.78 is 2.06. The molecule has 0 aromatic carbocycles. The van der Waals surface area contributed by atoms with E-state index in [-0.39, 0.29) is 6.54 Å². The summed E-state index contributed by atoms with van der Waals surface area (Å²) in [7, 11) is 0. The molecule has 1 heterocycles. The van der Waals surface area contributed by atoms with Gasteiger partial charge in [-0.05, 0) is 55.0 Å². The quantitative estimate of drug-likeness (QED) is 0.779. The van der Waals surface area contributed by atoms with E-state index in [9.17, 15) is 9.70 Å². The third-order valence-electron chi connectivity index (χ3n) is 4.98. The molecule has 0 aliphatic heterocycles. The number of hydrogen-bond donors (Lipinski definition) is 2. The van der Waals surface area contributed by atoms with Gasteiger partial charge in [0.2, 0.25) is 0 Å². The standard InChI is InChI=1S/C19H23N3O3/c1-3-13-8-9-22(12-13)16-10-19(2,20-11-17(23)24)18(21-25)15-7-5-4-6-14(15)16/h5,7-10,12,18,20H,3-4,6,11H2,1-2H3,(H,23,24). The highest BCUT2D eigenvalue weighted by Gasteiger charge is 2.42. The summed E-state index contributed by atoms with van der Waals surface area (Å²) in [5.41, 5.74) is 3.36. The van der Waals surface area contributed by atoms with E-state index in [2.05, 4.69) is 34.2 Å². The predicted octanol–water partition coefficient (Wildman–Crippen LogP) is 3.12. The molecule has 2 N–H and O–H groups in total. The fourth-order valence-corrected chi connectivity index (χ4v) is 3.60. The molecule has 3 rings (SSSR count). The Morgan fingerprint density at radius 1 is 1.52 bits per heavy atom. The van der Waals surface area contributed by atoms with Gasteiger partial charge in [-0.25, -0.2) is 0 Å². The molecule has 0 amide bonds. The van der Waals surface area contributed by atoms with Crippen LogP contribution < -0.4 is 5.32 Å². The van der Waals surface area contributed by atoms with Gasteiger partial charge in [0.25, 0.3) is 0 Å². The molecule has 132 valence electrons. The van der Waals surface area contributed by atoms with Crippen LogP contribution in [0, 0.1) is 4.91 Å². The van der Waals surface area contributed by atoms with Gasteiger partial charge in [0, 0.05) is 18.1 Å². The minimum Gasteiger partial charge on any atom is -0.480 e. The summed E-state index contributed by atoms with van der Waals surface area (Å²) in [6.07, 6.45) is 12.8. The van der Waals surface area contributed by atoms with Crippen LogP contribution in [-0.2, 0) is 11.2 Å². The second-order valence-corrected chi connectivity index (χ2v) is 6.72. The molecule has 0 saturated carbocycles. The highest BCUT2D eigenvalue weighted by molar-refractivity contribution is 5.74. The van der Waals surface area contributed by atoms with Crippen LogP contribution in [0.4, 0.5) is 0 Å². The smallest absolute Gasteiger partial charge is 0.317 e. The first-order valence-electron chi connectivity index (χ1n) is 8.58. The number of carbonyl (C=O) groups is 1. The first-order valence-corrected chi connectivity index (χ1v) is 8.58. The van der Waals surface area contributed by atoms with Gasteiger partial charge < -0.3 is 9.67 Å². The van der Waals surface area contributed by atoms with Crippen LogP contribution in [0.3, 0.4) is 0 Å². The predicted molar refractivity (Wildman–Crippen MR) is 97.1 cm³/mol. The zero-order chi connectivity index (χ0) is 18.0. The van der Waals surface area contributed by atoms with Gasteiger partial charge in [0.1, 0.15) is 6.04 Å². The van der Waals surface area contributed by atoms with Gasteiger partial charge in [-0.2, -0.15) is 4.91 Å². The van der Waals surface area contributed by atoms with Crippen LogP contribution in [0.5, 0.6) is 0 Å². The van der Waals surface area contributed by atoms with E-state index in [1.54, 1.807) is 0 Å². The Balaban J connectivity index is 2.10. The summed E-state index contributed by atoms with van der Waals surface area (Å²) in [4.78, 5) is 22.7. The number of nitrogens with zero attached hydrogens (tertiary/aromatic N) is 2. The Hall–Kier alpha value is -2.47. The molecule has 0 radical (unpaired) electrons. The van der Waals surface area contributed by atoms with Crippen molar-refractivity contribution in [2.45, 2.75) is 44.7 Å². The molecule has 2 atom stereocenters. The molecule has 2 aliphatic carbocycles. The number of carboxylic acids is 1. The maximum absolute atomic E-state index is 11.6. The normalized spacial score (nSPS) is 25.5. The summed E-state index contributed by atoms with van der Waals surface area (Å²) in [5, 5.41) is 15.4. The minimum atomic E-state index is -0.964. The number of rotatable bonds is 6. The Labute approximate surface area is 146 Å². The molecule has 1 aromatic heterocycles. The summed E-state index contributed by atoms with van der Waals surface area (Å²) in [6, 6.07) is 1.43. The number of allylic oxidation sites excluding steroid dienone is 3. The Bertz CT molecular complexity index is 788. The highest BCUT2D eigenvalue weighted by atomic mass is 16.4. The van der Waals surface area contributed by atoms with Crippen LogP contribution in [0.25, 0.3) is 5.70 Å². The van der Waals surface area contributed by atoms with Crippen molar-refractivity contribution in [1.82, 2.24) is 9.88 Å². The summed E-state index contributed by atoms with van der Waals surface area (Å²) >= 11 is 0.